The van der Waals surface area contributed by atoms with Crippen LogP contribution in [0, 0.1) is 0 Å². The first-order valence-electron chi connectivity index (χ1n) is 8.60. The standard InChI is InChI=1S/C16H15F3N6.C2HF3O2/c1-21-10-5-3-4-9(16(17,18)19)12(10)11-7-6-8-13(22-2)24-15(20)25-14(8)23-11;3-2(4,5)1(6)7/h3-7,21H,1-2H3,(H3,20,22,23,24,25);(H,6,7). The second-order valence-corrected chi connectivity index (χ2v) is 6.03. The molecule has 5 N–H and O–H groups in total. The number of aromatic nitrogens is 3. The number of nitrogens with two attached hydrogens (primary N) is 1. The van der Waals surface area contributed by atoms with E-state index < -0.39 is 23.9 Å². The fourth-order valence-electron chi connectivity index (χ4n) is 2.63. The zero-order chi connectivity index (χ0) is 24.3. The number of nitrogens with one attached hydrogen (secondary N) is 2. The molecule has 32 heavy (non-hydrogen) atoms. The van der Waals surface area contributed by atoms with Gasteiger partial charge < -0.3 is 21.5 Å². The Morgan fingerprint density at radius 2 is 1.59 bits per heavy atom. The van der Waals surface area contributed by atoms with E-state index in [9.17, 15) is 26.3 Å². The lowest BCUT2D eigenvalue weighted by Gasteiger charge is -2.17. The molecule has 0 atom stereocenters. The monoisotopic (exact) mass is 462 g/mol. The number of carboxylic acid groups (broad SMARTS) is 1. The molecule has 0 bridgehead atoms. The Morgan fingerprint density at radius 1 is 0.969 bits per heavy atom. The van der Waals surface area contributed by atoms with Gasteiger partial charge in [0, 0.05) is 25.3 Å². The van der Waals surface area contributed by atoms with E-state index in [4.69, 9.17) is 15.6 Å². The number of halogens is 6. The largest absolute Gasteiger partial charge is 0.490 e. The van der Waals surface area contributed by atoms with Crippen LogP contribution in [0.1, 0.15) is 5.56 Å². The van der Waals surface area contributed by atoms with Gasteiger partial charge in [0.25, 0.3) is 0 Å². The summed E-state index contributed by atoms with van der Waals surface area (Å²) in [5, 5.41) is 13.3. The maximum Gasteiger partial charge on any atom is 0.490 e. The third-order valence-electron chi connectivity index (χ3n) is 3.95. The van der Waals surface area contributed by atoms with Gasteiger partial charge in [-0.25, -0.2) is 9.78 Å². The predicted molar refractivity (Wildman–Crippen MR) is 105 cm³/mol. The summed E-state index contributed by atoms with van der Waals surface area (Å²) < 4.78 is 72.0. The summed E-state index contributed by atoms with van der Waals surface area (Å²) in [5.74, 6) is -2.31. The number of anilines is 3. The molecule has 3 aromatic rings. The van der Waals surface area contributed by atoms with Crippen LogP contribution in [-0.2, 0) is 11.0 Å². The number of hydrogen-bond acceptors (Lipinski definition) is 7. The van der Waals surface area contributed by atoms with Gasteiger partial charge in [0.05, 0.1) is 16.6 Å². The van der Waals surface area contributed by atoms with Crippen LogP contribution < -0.4 is 16.4 Å². The Bertz CT molecular complexity index is 1130. The molecule has 0 aliphatic rings. The number of fused-ring (bicyclic) bond motifs is 1. The molecule has 0 spiro atoms. The third-order valence-corrected chi connectivity index (χ3v) is 3.95. The van der Waals surface area contributed by atoms with E-state index in [2.05, 4.69) is 25.6 Å². The molecule has 3 rings (SSSR count). The molecule has 0 radical (unpaired) electrons. The lowest BCUT2D eigenvalue weighted by Crippen LogP contribution is -2.21. The Labute approximate surface area is 176 Å². The summed E-state index contributed by atoms with van der Waals surface area (Å²) in [6, 6.07) is 7.06. The van der Waals surface area contributed by atoms with Gasteiger partial charge >= 0.3 is 18.3 Å². The fourth-order valence-corrected chi connectivity index (χ4v) is 2.63. The van der Waals surface area contributed by atoms with Gasteiger partial charge in [0.1, 0.15) is 5.82 Å². The Kier molecular flexibility index (Phi) is 6.96. The van der Waals surface area contributed by atoms with Gasteiger partial charge in [-0.1, -0.05) is 6.07 Å². The van der Waals surface area contributed by atoms with Crippen molar-refractivity contribution in [1.29, 1.82) is 0 Å². The average molecular weight is 462 g/mol. The highest BCUT2D eigenvalue weighted by Crippen LogP contribution is 2.40. The van der Waals surface area contributed by atoms with Gasteiger partial charge in [-0.05, 0) is 24.3 Å². The number of nitrogen functional groups attached to an aromatic ring is 1. The van der Waals surface area contributed by atoms with E-state index in [0.29, 0.717) is 16.9 Å². The topological polar surface area (TPSA) is 126 Å². The lowest BCUT2D eigenvalue weighted by atomic mass is 10.0. The van der Waals surface area contributed by atoms with Gasteiger partial charge in [0.2, 0.25) is 5.95 Å². The van der Waals surface area contributed by atoms with Crippen molar-refractivity contribution >= 4 is 34.5 Å². The van der Waals surface area contributed by atoms with Crippen molar-refractivity contribution in [2.75, 3.05) is 30.5 Å². The summed E-state index contributed by atoms with van der Waals surface area (Å²) in [6.45, 7) is 0. The first kappa shape index (κ1) is 24.4. The molecule has 0 unspecified atom stereocenters. The van der Waals surface area contributed by atoms with E-state index in [0.717, 1.165) is 6.07 Å². The van der Waals surface area contributed by atoms with Crippen molar-refractivity contribution in [2.45, 2.75) is 12.4 Å². The highest BCUT2D eigenvalue weighted by Gasteiger charge is 2.38. The lowest BCUT2D eigenvalue weighted by molar-refractivity contribution is -0.192. The molecule has 0 aliphatic carbocycles. The molecule has 172 valence electrons. The number of carbonyl (C=O) groups is 1. The molecule has 0 amide bonds. The summed E-state index contributed by atoms with van der Waals surface area (Å²) in [4.78, 5) is 21.3. The van der Waals surface area contributed by atoms with Crippen molar-refractivity contribution < 1.29 is 36.2 Å². The molecule has 2 aromatic heterocycles. The number of rotatable bonds is 3. The van der Waals surface area contributed by atoms with Gasteiger partial charge in [-0.15, -0.1) is 0 Å². The van der Waals surface area contributed by atoms with Gasteiger partial charge in [0.15, 0.2) is 5.65 Å². The second kappa shape index (κ2) is 9.11. The van der Waals surface area contributed by atoms with E-state index >= 15 is 0 Å². The number of nitrogens with zero attached hydrogens (tertiary/aromatic N) is 3. The Balaban J connectivity index is 0.000000451. The van der Waals surface area contributed by atoms with Crippen LogP contribution in [0.2, 0.25) is 0 Å². The molecule has 8 nitrogen and oxygen atoms in total. The first-order valence-corrected chi connectivity index (χ1v) is 8.60. The third kappa shape index (κ3) is 5.44. The van der Waals surface area contributed by atoms with Crippen molar-refractivity contribution in [1.82, 2.24) is 15.0 Å². The minimum atomic E-state index is -5.08. The quantitative estimate of drug-likeness (QED) is 0.430. The molecule has 0 fully saturated rings. The summed E-state index contributed by atoms with van der Waals surface area (Å²) in [5.41, 5.74) is 5.51. The van der Waals surface area contributed by atoms with Crippen LogP contribution in [0.4, 0.5) is 43.8 Å². The highest BCUT2D eigenvalue weighted by molar-refractivity contribution is 5.90. The number of alkyl halides is 6. The van der Waals surface area contributed by atoms with E-state index in [1.807, 2.05) is 0 Å². The number of pyridine rings is 1. The van der Waals surface area contributed by atoms with Crippen molar-refractivity contribution in [3.05, 3.63) is 35.9 Å². The normalized spacial score (nSPS) is 11.5. The summed E-state index contributed by atoms with van der Waals surface area (Å²) >= 11 is 0. The maximum absolute atomic E-state index is 13.4. The molecule has 0 saturated heterocycles. The maximum atomic E-state index is 13.4. The second-order valence-electron chi connectivity index (χ2n) is 6.03. The van der Waals surface area contributed by atoms with Crippen LogP contribution in [0.15, 0.2) is 30.3 Å². The summed E-state index contributed by atoms with van der Waals surface area (Å²) in [6.07, 6.45) is -9.60. The van der Waals surface area contributed by atoms with Crippen LogP contribution in [0.5, 0.6) is 0 Å². The van der Waals surface area contributed by atoms with E-state index in [-0.39, 0.29) is 22.9 Å². The molecular formula is C18H16F6N6O2. The molecule has 1 aromatic carbocycles. The van der Waals surface area contributed by atoms with Gasteiger partial charge in [-0.2, -0.15) is 36.3 Å². The van der Waals surface area contributed by atoms with E-state index in [1.54, 1.807) is 26.2 Å². The molecule has 2 heterocycles. The molecule has 14 heteroatoms. The highest BCUT2D eigenvalue weighted by atomic mass is 19.4. The van der Waals surface area contributed by atoms with E-state index in [1.165, 1.54) is 12.1 Å². The number of aliphatic carboxylic acids is 1. The number of benzene rings is 1. The van der Waals surface area contributed by atoms with Crippen LogP contribution in [-0.4, -0.2) is 46.3 Å². The van der Waals surface area contributed by atoms with Crippen molar-refractivity contribution in [2.24, 2.45) is 0 Å². The van der Waals surface area contributed by atoms with Crippen molar-refractivity contribution in [3.8, 4) is 11.3 Å². The molecule has 0 aliphatic heterocycles. The Morgan fingerprint density at radius 3 is 2.09 bits per heavy atom. The molecule has 0 saturated carbocycles. The first-order chi connectivity index (χ1) is 14.8. The zero-order valence-corrected chi connectivity index (χ0v) is 16.4. The number of carboxylic acids is 1. The Hall–Kier alpha value is -3.84. The van der Waals surface area contributed by atoms with Crippen molar-refractivity contribution in [3.63, 3.8) is 0 Å². The zero-order valence-electron chi connectivity index (χ0n) is 16.4. The smallest absolute Gasteiger partial charge is 0.475 e. The van der Waals surface area contributed by atoms with Crippen LogP contribution >= 0.6 is 0 Å². The van der Waals surface area contributed by atoms with Crippen LogP contribution in [0.25, 0.3) is 22.3 Å². The minimum Gasteiger partial charge on any atom is -0.475 e. The average Bonchev–Trinajstić information content (AvgIpc) is 2.71. The summed E-state index contributed by atoms with van der Waals surface area (Å²) in [7, 11) is 3.21. The fraction of sp³-hybridized carbons (Fsp3) is 0.222. The number of hydrogen-bond donors (Lipinski definition) is 4. The molecular weight excluding hydrogens is 446 g/mol. The van der Waals surface area contributed by atoms with Gasteiger partial charge in [-0.3, -0.25) is 0 Å². The SMILES string of the molecule is CNc1cccc(C(F)(F)F)c1-c1ccc2c(NC)nc(N)nc2n1.O=C(O)C(F)(F)F. The predicted octanol–water partition coefficient (Wildman–Crippen LogP) is 4.01. The minimum absolute atomic E-state index is 0.0144. The van der Waals surface area contributed by atoms with Crippen LogP contribution in [0.3, 0.4) is 0 Å².